The van der Waals surface area contributed by atoms with Gasteiger partial charge in [0.15, 0.2) is 0 Å². The largest absolute Gasteiger partial charge is 0.383 e. The zero-order valence-electron chi connectivity index (χ0n) is 10.9. The fourth-order valence-electron chi connectivity index (χ4n) is 2.03. The zero-order valence-corrected chi connectivity index (χ0v) is 11.7. The molecule has 2 aromatic rings. The van der Waals surface area contributed by atoms with E-state index in [2.05, 4.69) is 18.8 Å². The number of hydrogen-bond donors (Lipinski definition) is 1. The number of hydrogen-bond acceptors (Lipinski definition) is 2. The molecule has 1 heterocycles. The van der Waals surface area contributed by atoms with Gasteiger partial charge in [-0.05, 0) is 30.5 Å². The molecule has 0 saturated heterocycles. The Morgan fingerprint density at radius 1 is 1.39 bits per heavy atom. The molecule has 96 valence electrons. The molecule has 0 spiro atoms. The van der Waals surface area contributed by atoms with Gasteiger partial charge in [-0.25, -0.2) is 4.98 Å². The second-order valence-corrected chi connectivity index (χ2v) is 5.42. The van der Waals surface area contributed by atoms with Gasteiger partial charge in [0.2, 0.25) is 0 Å². The summed E-state index contributed by atoms with van der Waals surface area (Å²) in [7, 11) is 0. The highest BCUT2D eigenvalue weighted by Crippen LogP contribution is 2.29. The first-order valence-corrected chi connectivity index (χ1v) is 6.44. The normalized spacial score (nSPS) is 11.2. The van der Waals surface area contributed by atoms with Crippen LogP contribution in [0, 0.1) is 12.8 Å². The van der Waals surface area contributed by atoms with Crippen molar-refractivity contribution in [2.75, 3.05) is 5.73 Å². The molecule has 0 radical (unpaired) electrons. The number of nitrogens with two attached hydrogens (primary N) is 1. The second kappa shape index (κ2) is 5.02. The van der Waals surface area contributed by atoms with E-state index in [1.165, 1.54) is 0 Å². The van der Waals surface area contributed by atoms with Crippen molar-refractivity contribution in [2.45, 2.75) is 27.3 Å². The number of benzene rings is 1. The first-order chi connectivity index (χ1) is 8.49. The van der Waals surface area contributed by atoms with Gasteiger partial charge in [0, 0.05) is 17.1 Å². The number of aryl methyl sites for hydroxylation is 1. The Bertz CT molecular complexity index is 558. The van der Waals surface area contributed by atoms with E-state index < -0.39 is 0 Å². The molecule has 0 unspecified atom stereocenters. The molecule has 0 aliphatic rings. The topological polar surface area (TPSA) is 43.8 Å². The number of imidazole rings is 1. The summed E-state index contributed by atoms with van der Waals surface area (Å²) in [4.78, 5) is 4.42. The summed E-state index contributed by atoms with van der Waals surface area (Å²) >= 11 is 5.96. The van der Waals surface area contributed by atoms with Gasteiger partial charge in [0.05, 0.1) is 6.33 Å². The van der Waals surface area contributed by atoms with Crippen LogP contribution in [0.1, 0.15) is 19.4 Å². The van der Waals surface area contributed by atoms with Gasteiger partial charge in [-0.1, -0.05) is 31.5 Å². The van der Waals surface area contributed by atoms with E-state index in [0.717, 1.165) is 28.4 Å². The first-order valence-electron chi connectivity index (χ1n) is 6.06. The second-order valence-electron chi connectivity index (χ2n) is 4.98. The molecular formula is C14H18ClN3. The molecule has 18 heavy (non-hydrogen) atoms. The van der Waals surface area contributed by atoms with Crippen molar-refractivity contribution in [3.8, 4) is 11.3 Å². The van der Waals surface area contributed by atoms with Crippen LogP contribution in [0.15, 0.2) is 24.5 Å². The number of halogens is 1. The highest BCUT2D eigenvalue weighted by Gasteiger charge is 2.12. The summed E-state index contributed by atoms with van der Waals surface area (Å²) in [6, 6.07) is 5.76. The smallest absolute Gasteiger partial charge is 0.131 e. The molecule has 0 amide bonds. The fraction of sp³-hybridized carbons (Fsp3) is 0.357. The lowest BCUT2D eigenvalue weighted by atomic mass is 10.1. The summed E-state index contributed by atoms with van der Waals surface area (Å²) in [5.41, 5.74) is 9.12. The predicted octanol–water partition coefficient (Wildman–Crippen LogP) is 3.75. The van der Waals surface area contributed by atoms with E-state index in [1.807, 2.05) is 29.7 Å². The van der Waals surface area contributed by atoms with Crippen molar-refractivity contribution in [1.29, 1.82) is 0 Å². The number of aromatic nitrogens is 2. The molecule has 3 nitrogen and oxygen atoms in total. The molecule has 1 aromatic carbocycles. The monoisotopic (exact) mass is 263 g/mol. The third kappa shape index (κ3) is 2.51. The summed E-state index contributed by atoms with van der Waals surface area (Å²) < 4.78 is 1.99. The molecule has 0 fully saturated rings. The Morgan fingerprint density at radius 3 is 2.72 bits per heavy atom. The van der Waals surface area contributed by atoms with Gasteiger partial charge < -0.3 is 10.3 Å². The van der Waals surface area contributed by atoms with Crippen molar-refractivity contribution in [2.24, 2.45) is 5.92 Å². The average molecular weight is 264 g/mol. The van der Waals surface area contributed by atoms with E-state index in [1.54, 1.807) is 6.33 Å². The van der Waals surface area contributed by atoms with Crippen LogP contribution < -0.4 is 5.73 Å². The van der Waals surface area contributed by atoms with Crippen LogP contribution in [-0.4, -0.2) is 9.55 Å². The Balaban J connectivity index is 2.42. The summed E-state index contributed by atoms with van der Waals surface area (Å²) in [6.45, 7) is 7.22. The number of rotatable bonds is 3. The Labute approximate surface area is 113 Å². The maximum Gasteiger partial charge on any atom is 0.131 e. The maximum atomic E-state index is 6.16. The fourth-order valence-corrected chi connectivity index (χ4v) is 2.26. The molecular weight excluding hydrogens is 246 g/mol. The number of nitrogens with zero attached hydrogens (tertiary/aromatic N) is 2. The summed E-state index contributed by atoms with van der Waals surface area (Å²) in [5.74, 6) is 1.26. The molecule has 4 heteroatoms. The zero-order chi connectivity index (χ0) is 13.3. The minimum absolute atomic E-state index is 0.542. The van der Waals surface area contributed by atoms with E-state index in [9.17, 15) is 0 Å². The van der Waals surface area contributed by atoms with Crippen molar-refractivity contribution in [3.05, 3.63) is 35.1 Å². The van der Waals surface area contributed by atoms with Crippen LogP contribution in [-0.2, 0) is 6.54 Å². The van der Waals surface area contributed by atoms with Crippen LogP contribution in [0.2, 0.25) is 5.02 Å². The highest BCUT2D eigenvalue weighted by molar-refractivity contribution is 6.30. The van der Waals surface area contributed by atoms with Crippen LogP contribution in [0.4, 0.5) is 5.82 Å². The first kappa shape index (κ1) is 13.0. The van der Waals surface area contributed by atoms with Crippen LogP contribution >= 0.6 is 11.6 Å². The molecule has 2 rings (SSSR count). The molecule has 0 atom stereocenters. The minimum Gasteiger partial charge on any atom is -0.383 e. The molecule has 2 N–H and O–H groups in total. The molecule has 0 aliphatic carbocycles. The van der Waals surface area contributed by atoms with Crippen molar-refractivity contribution in [3.63, 3.8) is 0 Å². The van der Waals surface area contributed by atoms with E-state index in [0.29, 0.717) is 11.7 Å². The van der Waals surface area contributed by atoms with Gasteiger partial charge in [-0.15, -0.1) is 0 Å². The highest BCUT2D eigenvalue weighted by atomic mass is 35.5. The van der Waals surface area contributed by atoms with Crippen LogP contribution in [0.25, 0.3) is 11.3 Å². The molecule has 0 aliphatic heterocycles. The molecule has 0 bridgehead atoms. The van der Waals surface area contributed by atoms with Crippen LogP contribution in [0.3, 0.4) is 0 Å². The Hall–Kier alpha value is -1.48. The lowest BCUT2D eigenvalue weighted by molar-refractivity contribution is 0.527. The van der Waals surface area contributed by atoms with Crippen molar-refractivity contribution in [1.82, 2.24) is 9.55 Å². The van der Waals surface area contributed by atoms with Gasteiger partial charge in [0.25, 0.3) is 0 Å². The van der Waals surface area contributed by atoms with Crippen molar-refractivity contribution < 1.29 is 0 Å². The van der Waals surface area contributed by atoms with Gasteiger partial charge >= 0.3 is 0 Å². The summed E-state index contributed by atoms with van der Waals surface area (Å²) in [5, 5.41) is 0.733. The van der Waals surface area contributed by atoms with Gasteiger partial charge in [-0.3, -0.25) is 0 Å². The van der Waals surface area contributed by atoms with E-state index in [4.69, 9.17) is 17.3 Å². The Kier molecular flexibility index (Phi) is 3.62. The van der Waals surface area contributed by atoms with Crippen LogP contribution in [0.5, 0.6) is 0 Å². The van der Waals surface area contributed by atoms with E-state index >= 15 is 0 Å². The quantitative estimate of drug-likeness (QED) is 0.917. The minimum atomic E-state index is 0.542. The lowest BCUT2D eigenvalue weighted by Crippen LogP contribution is -2.06. The van der Waals surface area contributed by atoms with Gasteiger partial charge in [-0.2, -0.15) is 0 Å². The third-order valence-electron chi connectivity index (χ3n) is 2.88. The van der Waals surface area contributed by atoms with Gasteiger partial charge in [0.1, 0.15) is 11.5 Å². The van der Waals surface area contributed by atoms with Crippen molar-refractivity contribution >= 4 is 17.4 Å². The third-order valence-corrected chi connectivity index (χ3v) is 3.12. The summed E-state index contributed by atoms with van der Waals surface area (Å²) in [6.07, 6.45) is 1.80. The predicted molar refractivity (Wildman–Crippen MR) is 76.7 cm³/mol. The average Bonchev–Trinajstić information content (AvgIpc) is 2.60. The lowest BCUT2D eigenvalue weighted by Gasteiger charge is -2.09. The molecule has 1 aromatic heterocycles. The van der Waals surface area contributed by atoms with E-state index in [-0.39, 0.29) is 0 Å². The Morgan fingerprint density at radius 2 is 2.11 bits per heavy atom. The molecule has 0 saturated carbocycles. The number of anilines is 1. The maximum absolute atomic E-state index is 6.16. The number of nitrogen functional groups attached to an aromatic ring is 1. The SMILES string of the molecule is Cc1cc(Cl)ccc1-c1ncn(CC(C)C)c1N. The standard InChI is InChI=1S/C14H18ClN3/c1-9(2)7-18-8-17-13(14(18)16)12-5-4-11(15)6-10(12)3/h4-6,8-9H,7,16H2,1-3H3.